The molecule has 5 nitrogen and oxygen atoms in total. The zero-order valence-corrected chi connectivity index (χ0v) is 8.72. The maximum Gasteiger partial charge on any atom is 0.123 e. The number of aliphatic hydroxyl groups excluding tert-OH is 2. The molecule has 1 aromatic heterocycles. The molecule has 0 aliphatic rings. The number of pyridine rings is 1. The Morgan fingerprint density at radius 1 is 1.47 bits per heavy atom. The van der Waals surface area contributed by atoms with Crippen LogP contribution in [-0.2, 0) is 0 Å². The summed E-state index contributed by atoms with van der Waals surface area (Å²) in [5.74, 6) is 0.399. The highest BCUT2D eigenvalue weighted by atomic mass is 16.3. The first-order chi connectivity index (χ1) is 7.15. The van der Waals surface area contributed by atoms with Crippen LogP contribution >= 0.6 is 0 Å². The van der Waals surface area contributed by atoms with Crippen molar-refractivity contribution in [2.45, 2.75) is 18.6 Å². The van der Waals surface area contributed by atoms with Gasteiger partial charge < -0.3 is 21.3 Å². The smallest absolute Gasteiger partial charge is 0.123 e. The number of aromatic nitrogens is 1. The second-order valence-corrected chi connectivity index (χ2v) is 3.42. The van der Waals surface area contributed by atoms with Gasteiger partial charge >= 0.3 is 0 Å². The van der Waals surface area contributed by atoms with Gasteiger partial charge in [0.1, 0.15) is 11.9 Å². The highest BCUT2D eigenvalue weighted by Crippen LogP contribution is 2.18. The van der Waals surface area contributed by atoms with Gasteiger partial charge in [0.2, 0.25) is 0 Å². The summed E-state index contributed by atoms with van der Waals surface area (Å²) in [5.41, 5.74) is 5.99. The Morgan fingerprint density at radius 2 is 2.20 bits per heavy atom. The SMILES string of the molecule is CNCCC(O)C(O)c1ccc(N)nc1. The van der Waals surface area contributed by atoms with Gasteiger partial charge in [-0.3, -0.25) is 0 Å². The van der Waals surface area contributed by atoms with Crippen molar-refractivity contribution in [2.75, 3.05) is 19.3 Å². The monoisotopic (exact) mass is 211 g/mol. The van der Waals surface area contributed by atoms with Crippen molar-refractivity contribution < 1.29 is 10.2 Å². The molecule has 1 rings (SSSR count). The van der Waals surface area contributed by atoms with Gasteiger partial charge in [0.25, 0.3) is 0 Å². The fourth-order valence-corrected chi connectivity index (χ4v) is 1.26. The second kappa shape index (κ2) is 5.65. The van der Waals surface area contributed by atoms with E-state index in [4.69, 9.17) is 5.73 Å². The summed E-state index contributed by atoms with van der Waals surface area (Å²) in [6, 6.07) is 3.26. The standard InChI is InChI=1S/C10H17N3O2/c1-12-5-4-8(14)10(15)7-2-3-9(11)13-6-7/h2-3,6,8,10,12,14-15H,4-5H2,1H3,(H2,11,13). The first-order valence-corrected chi connectivity index (χ1v) is 4.87. The zero-order valence-electron chi connectivity index (χ0n) is 8.72. The molecule has 0 aliphatic carbocycles. The lowest BCUT2D eigenvalue weighted by Crippen LogP contribution is -2.23. The van der Waals surface area contributed by atoms with E-state index in [0.717, 1.165) is 0 Å². The molecule has 0 aliphatic heterocycles. The van der Waals surface area contributed by atoms with Crippen LogP contribution in [-0.4, -0.2) is 34.9 Å². The van der Waals surface area contributed by atoms with Crippen LogP contribution in [0.3, 0.4) is 0 Å². The van der Waals surface area contributed by atoms with Crippen molar-refractivity contribution >= 4 is 5.82 Å². The van der Waals surface area contributed by atoms with Gasteiger partial charge in [-0.1, -0.05) is 6.07 Å². The fourth-order valence-electron chi connectivity index (χ4n) is 1.26. The third kappa shape index (κ3) is 3.47. The molecule has 0 saturated heterocycles. The molecule has 5 heteroatoms. The van der Waals surface area contributed by atoms with Crippen molar-refractivity contribution in [1.82, 2.24) is 10.3 Å². The van der Waals surface area contributed by atoms with Gasteiger partial charge in [0, 0.05) is 11.8 Å². The van der Waals surface area contributed by atoms with Crippen LogP contribution in [0.1, 0.15) is 18.1 Å². The van der Waals surface area contributed by atoms with E-state index in [1.54, 1.807) is 19.2 Å². The summed E-state index contributed by atoms with van der Waals surface area (Å²) >= 11 is 0. The summed E-state index contributed by atoms with van der Waals surface area (Å²) in [7, 11) is 1.80. The van der Waals surface area contributed by atoms with Crippen LogP contribution in [0.15, 0.2) is 18.3 Å². The van der Waals surface area contributed by atoms with Gasteiger partial charge in [0.05, 0.1) is 6.10 Å². The van der Waals surface area contributed by atoms with Crippen LogP contribution in [0.4, 0.5) is 5.82 Å². The topological polar surface area (TPSA) is 91.4 Å². The second-order valence-electron chi connectivity index (χ2n) is 3.42. The molecule has 0 bridgehead atoms. The molecule has 15 heavy (non-hydrogen) atoms. The van der Waals surface area contributed by atoms with E-state index in [2.05, 4.69) is 10.3 Å². The Morgan fingerprint density at radius 3 is 2.73 bits per heavy atom. The minimum atomic E-state index is -0.911. The van der Waals surface area contributed by atoms with Crippen molar-refractivity contribution in [3.8, 4) is 0 Å². The summed E-state index contributed by atoms with van der Waals surface area (Å²) in [4.78, 5) is 3.85. The Kier molecular flexibility index (Phi) is 4.48. The largest absolute Gasteiger partial charge is 0.390 e. The lowest BCUT2D eigenvalue weighted by molar-refractivity contribution is 0.0138. The number of hydrogen-bond acceptors (Lipinski definition) is 5. The number of rotatable bonds is 5. The molecule has 5 N–H and O–H groups in total. The van der Waals surface area contributed by atoms with E-state index in [9.17, 15) is 10.2 Å². The van der Waals surface area contributed by atoms with Crippen molar-refractivity contribution in [3.63, 3.8) is 0 Å². The Labute approximate surface area is 89.0 Å². The van der Waals surface area contributed by atoms with E-state index in [-0.39, 0.29) is 0 Å². The maximum absolute atomic E-state index is 9.75. The van der Waals surface area contributed by atoms with Crippen LogP contribution in [0.2, 0.25) is 0 Å². The number of nitrogens with one attached hydrogen (secondary N) is 1. The number of nitrogen functional groups attached to an aromatic ring is 1. The Bertz CT molecular complexity index is 289. The summed E-state index contributed by atoms with van der Waals surface area (Å²) < 4.78 is 0. The predicted molar refractivity (Wildman–Crippen MR) is 58.2 cm³/mol. The summed E-state index contributed by atoms with van der Waals surface area (Å²) in [5, 5.41) is 22.3. The third-order valence-electron chi connectivity index (χ3n) is 2.21. The van der Waals surface area contributed by atoms with Crippen LogP contribution < -0.4 is 11.1 Å². The molecule has 0 spiro atoms. The lowest BCUT2D eigenvalue weighted by atomic mass is 10.0. The molecule has 2 unspecified atom stereocenters. The summed E-state index contributed by atoms with van der Waals surface area (Å²) in [6.07, 6.45) is 0.263. The molecule has 0 aromatic carbocycles. The third-order valence-corrected chi connectivity index (χ3v) is 2.21. The maximum atomic E-state index is 9.75. The van der Waals surface area contributed by atoms with Gasteiger partial charge in [-0.15, -0.1) is 0 Å². The normalized spacial score (nSPS) is 14.9. The molecule has 84 valence electrons. The number of nitrogens with zero attached hydrogens (tertiary/aromatic N) is 1. The van der Waals surface area contributed by atoms with Gasteiger partial charge in [-0.2, -0.15) is 0 Å². The summed E-state index contributed by atoms with van der Waals surface area (Å²) in [6.45, 7) is 0.653. The van der Waals surface area contributed by atoms with Crippen LogP contribution in [0, 0.1) is 0 Å². The van der Waals surface area contributed by atoms with Gasteiger partial charge in [-0.25, -0.2) is 4.98 Å². The first-order valence-electron chi connectivity index (χ1n) is 4.87. The highest BCUT2D eigenvalue weighted by Gasteiger charge is 2.17. The van der Waals surface area contributed by atoms with E-state index >= 15 is 0 Å². The molecular weight excluding hydrogens is 194 g/mol. The molecule has 2 atom stereocenters. The first kappa shape index (κ1) is 11.9. The van der Waals surface area contributed by atoms with Crippen molar-refractivity contribution in [1.29, 1.82) is 0 Å². The van der Waals surface area contributed by atoms with Crippen LogP contribution in [0.25, 0.3) is 0 Å². The fraction of sp³-hybridized carbons (Fsp3) is 0.500. The minimum Gasteiger partial charge on any atom is -0.390 e. The lowest BCUT2D eigenvalue weighted by Gasteiger charge is -2.17. The number of aliphatic hydroxyl groups is 2. The average molecular weight is 211 g/mol. The molecule has 1 aromatic rings. The number of hydrogen-bond donors (Lipinski definition) is 4. The zero-order chi connectivity index (χ0) is 11.3. The predicted octanol–water partition coefficient (Wildman–Crippen LogP) is -0.332. The van der Waals surface area contributed by atoms with E-state index in [0.29, 0.717) is 24.3 Å². The van der Waals surface area contributed by atoms with Crippen LogP contribution in [0.5, 0.6) is 0 Å². The quantitative estimate of drug-likeness (QED) is 0.535. The van der Waals surface area contributed by atoms with E-state index in [1.165, 1.54) is 6.20 Å². The average Bonchev–Trinajstić information content (AvgIpc) is 2.26. The highest BCUT2D eigenvalue weighted by molar-refractivity contribution is 5.30. The number of nitrogens with two attached hydrogens (primary N) is 1. The minimum absolute atomic E-state index is 0.399. The molecular formula is C10H17N3O2. The van der Waals surface area contributed by atoms with E-state index in [1.807, 2.05) is 0 Å². The number of anilines is 1. The van der Waals surface area contributed by atoms with E-state index < -0.39 is 12.2 Å². The molecule has 0 amide bonds. The molecule has 1 heterocycles. The Hall–Kier alpha value is -1.17. The molecule has 0 fully saturated rings. The van der Waals surface area contributed by atoms with Crippen molar-refractivity contribution in [3.05, 3.63) is 23.9 Å². The molecule has 0 saturated carbocycles. The van der Waals surface area contributed by atoms with Gasteiger partial charge in [0.15, 0.2) is 0 Å². The Balaban J connectivity index is 2.59. The molecule has 0 radical (unpaired) electrons. The van der Waals surface area contributed by atoms with Gasteiger partial charge in [-0.05, 0) is 26.1 Å². The van der Waals surface area contributed by atoms with Crippen molar-refractivity contribution in [2.24, 2.45) is 0 Å².